The molecule has 1 heterocycles. The molecule has 1 aromatic heterocycles. The Balaban J connectivity index is 2.34. The fourth-order valence-electron chi connectivity index (χ4n) is 1.57. The van der Waals surface area contributed by atoms with E-state index >= 15 is 0 Å². The molecule has 0 amide bonds. The summed E-state index contributed by atoms with van der Waals surface area (Å²) in [7, 11) is 0. The first-order chi connectivity index (χ1) is 8.38. The van der Waals surface area contributed by atoms with Gasteiger partial charge in [0.1, 0.15) is 5.76 Å². The van der Waals surface area contributed by atoms with Crippen LogP contribution in [0.1, 0.15) is 22.9 Å². The zero-order valence-corrected chi connectivity index (χ0v) is 9.79. The first-order valence-electron chi connectivity index (χ1n) is 5.06. The minimum absolute atomic E-state index is 0.146. The second kappa shape index (κ2) is 4.66. The van der Waals surface area contributed by atoms with E-state index in [0.717, 1.165) is 12.1 Å². The maximum atomic E-state index is 12.6. The topological polar surface area (TPSA) is 39.2 Å². The highest BCUT2D eigenvalue weighted by Crippen LogP contribution is 2.32. The molecule has 0 aliphatic heterocycles. The Morgan fingerprint density at radius 2 is 1.89 bits per heavy atom. The van der Waals surface area contributed by atoms with Gasteiger partial charge in [-0.2, -0.15) is 13.2 Å². The van der Waals surface area contributed by atoms with Crippen molar-refractivity contribution in [3.63, 3.8) is 0 Å². The van der Waals surface area contributed by atoms with E-state index in [2.05, 4.69) is 0 Å². The quantitative estimate of drug-likeness (QED) is 0.900. The van der Waals surface area contributed by atoms with Gasteiger partial charge in [-0.3, -0.25) is 0 Å². The zero-order chi connectivity index (χ0) is 13.3. The molecule has 0 saturated carbocycles. The smallest absolute Gasteiger partial charge is 0.416 e. The molecule has 2 rings (SSSR count). The van der Waals surface area contributed by atoms with E-state index in [1.165, 1.54) is 24.3 Å². The van der Waals surface area contributed by atoms with Crippen LogP contribution < -0.4 is 5.73 Å². The van der Waals surface area contributed by atoms with Gasteiger partial charge in [-0.15, -0.1) is 0 Å². The Labute approximate surface area is 106 Å². The number of halogens is 4. The molecule has 0 bridgehead atoms. The SMILES string of the molecule is NC(c1cccc(C(F)(F)F)c1)c1ccc(Cl)o1. The van der Waals surface area contributed by atoms with Gasteiger partial charge >= 0.3 is 6.18 Å². The number of furan rings is 1. The van der Waals surface area contributed by atoms with Crippen molar-refractivity contribution in [1.29, 1.82) is 0 Å². The Morgan fingerprint density at radius 1 is 1.17 bits per heavy atom. The Kier molecular flexibility index (Phi) is 3.36. The van der Waals surface area contributed by atoms with Crippen molar-refractivity contribution < 1.29 is 17.6 Å². The Hall–Kier alpha value is -1.46. The highest BCUT2D eigenvalue weighted by molar-refractivity contribution is 6.28. The summed E-state index contributed by atoms with van der Waals surface area (Å²) < 4.78 is 42.7. The molecule has 2 N–H and O–H groups in total. The highest BCUT2D eigenvalue weighted by atomic mass is 35.5. The third-order valence-electron chi connectivity index (χ3n) is 2.47. The minimum Gasteiger partial charge on any atom is -0.448 e. The molecule has 1 aromatic carbocycles. The van der Waals surface area contributed by atoms with Crippen molar-refractivity contribution in [3.8, 4) is 0 Å². The van der Waals surface area contributed by atoms with Gasteiger partial charge in [-0.25, -0.2) is 0 Å². The van der Waals surface area contributed by atoms with Crippen LogP contribution in [0.3, 0.4) is 0 Å². The lowest BCUT2D eigenvalue weighted by molar-refractivity contribution is -0.137. The van der Waals surface area contributed by atoms with Crippen LogP contribution in [0.15, 0.2) is 40.8 Å². The molecule has 2 aromatic rings. The molecule has 6 heteroatoms. The molecule has 0 fully saturated rings. The molecule has 0 saturated heterocycles. The lowest BCUT2D eigenvalue weighted by atomic mass is 10.0. The largest absolute Gasteiger partial charge is 0.448 e. The predicted octanol–water partition coefficient (Wildman–Crippen LogP) is 4.00. The van der Waals surface area contributed by atoms with Crippen molar-refractivity contribution in [2.24, 2.45) is 5.73 Å². The summed E-state index contributed by atoms with van der Waals surface area (Å²) in [5.41, 5.74) is 5.40. The molecule has 0 aliphatic rings. The first-order valence-corrected chi connectivity index (χ1v) is 5.43. The maximum Gasteiger partial charge on any atom is 0.416 e. The number of benzene rings is 1. The third-order valence-corrected chi connectivity index (χ3v) is 2.68. The van der Waals surface area contributed by atoms with Gasteiger partial charge in [0.15, 0.2) is 5.22 Å². The van der Waals surface area contributed by atoms with Crippen molar-refractivity contribution in [2.45, 2.75) is 12.2 Å². The van der Waals surface area contributed by atoms with E-state index in [-0.39, 0.29) is 5.22 Å². The molecule has 18 heavy (non-hydrogen) atoms. The molecule has 0 spiro atoms. The van der Waals surface area contributed by atoms with Crippen molar-refractivity contribution >= 4 is 11.6 Å². The summed E-state index contributed by atoms with van der Waals surface area (Å²) >= 11 is 5.59. The molecule has 1 atom stereocenters. The normalized spacial score (nSPS) is 13.6. The van der Waals surface area contributed by atoms with Gasteiger partial charge in [0.05, 0.1) is 11.6 Å². The van der Waals surface area contributed by atoms with E-state index in [1.54, 1.807) is 0 Å². The monoisotopic (exact) mass is 275 g/mol. The van der Waals surface area contributed by atoms with Crippen LogP contribution in [0.2, 0.25) is 5.22 Å². The van der Waals surface area contributed by atoms with Crippen LogP contribution in [0.4, 0.5) is 13.2 Å². The summed E-state index contributed by atoms with van der Waals surface area (Å²) in [5, 5.41) is 0.146. The standard InChI is InChI=1S/C12H9ClF3NO/c13-10-5-4-9(18-10)11(17)7-2-1-3-8(6-7)12(14,15)16/h1-6,11H,17H2. The number of alkyl halides is 3. The van der Waals surface area contributed by atoms with Gasteiger partial charge in [-0.05, 0) is 41.4 Å². The molecule has 2 nitrogen and oxygen atoms in total. The average molecular weight is 276 g/mol. The number of nitrogens with two attached hydrogens (primary N) is 1. The first kappa shape index (κ1) is 13.0. The van der Waals surface area contributed by atoms with Gasteiger partial charge < -0.3 is 10.2 Å². The summed E-state index contributed by atoms with van der Waals surface area (Å²) in [6, 6.07) is 7.06. The molecular weight excluding hydrogens is 267 g/mol. The number of hydrogen-bond donors (Lipinski definition) is 1. The minimum atomic E-state index is -4.39. The second-order valence-corrected chi connectivity index (χ2v) is 4.12. The van der Waals surface area contributed by atoms with Gasteiger partial charge in [0.2, 0.25) is 0 Å². The van der Waals surface area contributed by atoms with Crippen LogP contribution in [-0.2, 0) is 6.18 Å². The number of hydrogen-bond acceptors (Lipinski definition) is 2. The second-order valence-electron chi connectivity index (χ2n) is 3.74. The fourth-order valence-corrected chi connectivity index (χ4v) is 1.72. The fraction of sp³-hybridized carbons (Fsp3) is 0.167. The Bertz CT molecular complexity index is 550. The average Bonchev–Trinajstić information content (AvgIpc) is 2.74. The molecular formula is C12H9ClF3NO. The summed E-state index contributed by atoms with van der Waals surface area (Å²) in [6.07, 6.45) is -4.39. The lowest BCUT2D eigenvalue weighted by Gasteiger charge is -2.12. The van der Waals surface area contributed by atoms with Crippen molar-refractivity contribution in [1.82, 2.24) is 0 Å². The van der Waals surface area contributed by atoms with Crippen LogP contribution in [0.5, 0.6) is 0 Å². The van der Waals surface area contributed by atoms with E-state index in [4.69, 9.17) is 21.8 Å². The molecule has 0 radical (unpaired) electrons. The summed E-state index contributed by atoms with van der Waals surface area (Å²) in [4.78, 5) is 0. The van der Waals surface area contributed by atoms with Crippen LogP contribution in [0.25, 0.3) is 0 Å². The highest BCUT2D eigenvalue weighted by Gasteiger charge is 2.31. The van der Waals surface area contributed by atoms with Gasteiger partial charge in [0.25, 0.3) is 0 Å². The van der Waals surface area contributed by atoms with E-state index < -0.39 is 17.8 Å². The molecule has 0 aliphatic carbocycles. The van der Waals surface area contributed by atoms with Crippen molar-refractivity contribution in [3.05, 3.63) is 58.5 Å². The van der Waals surface area contributed by atoms with E-state index in [1.807, 2.05) is 0 Å². The number of rotatable bonds is 2. The summed E-state index contributed by atoms with van der Waals surface area (Å²) in [5.74, 6) is 0.319. The van der Waals surface area contributed by atoms with Crippen LogP contribution in [-0.4, -0.2) is 0 Å². The van der Waals surface area contributed by atoms with Crippen molar-refractivity contribution in [2.75, 3.05) is 0 Å². The Morgan fingerprint density at radius 3 is 2.44 bits per heavy atom. The lowest BCUT2D eigenvalue weighted by Crippen LogP contribution is -2.13. The molecule has 1 unspecified atom stereocenters. The maximum absolute atomic E-state index is 12.6. The predicted molar refractivity (Wildman–Crippen MR) is 61.2 cm³/mol. The molecule has 96 valence electrons. The zero-order valence-electron chi connectivity index (χ0n) is 9.04. The van der Waals surface area contributed by atoms with Crippen LogP contribution >= 0.6 is 11.6 Å². The van der Waals surface area contributed by atoms with Gasteiger partial charge in [0, 0.05) is 0 Å². The van der Waals surface area contributed by atoms with E-state index in [9.17, 15) is 13.2 Å². The van der Waals surface area contributed by atoms with Crippen LogP contribution in [0, 0.1) is 0 Å². The third kappa shape index (κ3) is 2.68. The van der Waals surface area contributed by atoms with Gasteiger partial charge in [-0.1, -0.05) is 12.1 Å². The van der Waals surface area contributed by atoms with E-state index in [0.29, 0.717) is 11.3 Å². The summed E-state index contributed by atoms with van der Waals surface area (Å²) in [6.45, 7) is 0.